The third-order valence-corrected chi connectivity index (χ3v) is 17.1. The van der Waals surface area contributed by atoms with E-state index in [9.17, 15) is 35.4 Å². The summed E-state index contributed by atoms with van der Waals surface area (Å²) in [5.74, 6) is -1.79. The van der Waals surface area contributed by atoms with Crippen LogP contribution in [0, 0.1) is 23.2 Å². The van der Waals surface area contributed by atoms with E-state index in [1.165, 1.54) is 27.7 Å². The van der Waals surface area contributed by atoms with Crippen molar-refractivity contribution in [3.05, 3.63) is 112 Å². The molecule has 2 saturated carbocycles. The Morgan fingerprint density at radius 3 is 2.64 bits per heavy atom. The molecule has 0 radical (unpaired) electrons. The minimum Gasteiger partial charge on any atom is -0.511 e. The molecule has 7 bridgehead atoms. The lowest BCUT2D eigenvalue weighted by atomic mass is 9.48. The molecule has 3 fully saturated rings. The van der Waals surface area contributed by atoms with E-state index in [1.807, 2.05) is 30.5 Å². The monoisotopic (exact) mass is 840 g/mol. The fourth-order valence-electron chi connectivity index (χ4n) is 12.1. The number of aryl methyl sites for hydroxylation is 1. The zero-order valence-electron chi connectivity index (χ0n) is 32.4. The number of rotatable bonds is 4. The van der Waals surface area contributed by atoms with E-state index >= 15 is 4.79 Å². The van der Waals surface area contributed by atoms with Gasteiger partial charge in [0.2, 0.25) is 6.29 Å². The highest BCUT2D eigenvalue weighted by atomic mass is 33.1. The highest BCUT2D eigenvalue weighted by Crippen LogP contribution is 2.64. The van der Waals surface area contributed by atoms with Gasteiger partial charge < -0.3 is 45.4 Å². The second-order valence-electron chi connectivity index (χ2n) is 17.5. The van der Waals surface area contributed by atoms with Gasteiger partial charge in [0.1, 0.15) is 46.2 Å². The summed E-state index contributed by atoms with van der Waals surface area (Å²) in [5, 5.41) is 73.9. The Bertz CT molecular complexity index is 2300. The largest absolute Gasteiger partial charge is 0.511 e. The number of nitrogens with one attached hydrogen (secondary N) is 1. The highest BCUT2D eigenvalue weighted by molar-refractivity contribution is 8.76. The molecule has 0 amide bonds. The highest BCUT2D eigenvalue weighted by Gasteiger charge is 2.73. The molecule has 2 spiro atoms. The summed E-state index contributed by atoms with van der Waals surface area (Å²) in [6.07, 6.45) is 5.18. The predicted octanol–water partition coefficient (Wildman–Crippen LogP) is 4.96. The number of Topliss-reactive ketones (excluding diaryl/α,β-unsaturated/α-hetero) is 2. The molecule has 2 aliphatic heterocycles. The van der Waals surface area contributed by atoms with Crippen molar-refractivity contribution in [2.45, 2.75) is 93.1 Å². The third-order valence-electron chi connectivity index (χ3n) is 14.8. The van der Waals surface area contributed by atoms with Crippen LogP contribution < -0.4 is 10.1 Å². The maximum absolute atomic E-state index is 15.3. The number of hydrogen-bond acceptors (Lipinski definition) is 14. The number of nitrogens with zero attached hydrogens (tertiary/aromatic N) is 1. The lowest BCUT2D eigenvalue weighted by Gasteiger charge is -2.64. The van der Waals surface area contributed by atoms with E-state index in [0.717, 1.165) is 54.4 Å². The summed E-state index contributed by atoms with van der Waals surface area (Å²) >= 11 is 0. The number of anilines is 1. The van der Waals surface area contributed by atoms with Gasteiger partial charge in [0, 0.05) is 28.8 Å². The van der Waals surface area contributed by atoms with Crippen LogP contribution in [-0.2, 0) is 29.6 Å². The Labute approximate surface area is 349 Å². The van der Waals surface area contributed by atoms with Gasteiger partial charge in [-0.3, -0.25) is 9.59 Å². The van der Waals surface area contributed by atoms with Gasteiger partial charge in [-0.05, 0) is 96.9 Å². The zero-order valence-corrected chi connectivity index (χ0v) is 34.0. The van der Waals surface area contributed by atoms with E-state index in [-0.39, 0.29) is 47.3 Å². The fraction of sp³-hybridized carbons (Fsp3) is 0.489. The van der Waals surface area contributed by atoms with Gasteiger partial charge in [0.25, 0.3) is 0 Å². The molecule has 3 heterocycles. The van der Waals surface area contributed by atoms with Crippen molar-refractivity contribution in [1.29, 1.82) is 0 Å². The van der Waals surface area contributed by atoms with Crippen LogP contribution in [0.4, 0.5) is 5.82 Å². The second kappa shape index (κ2) is 14.4. The average molecular weight is 841 g/mol. The van der Waals surface area contributed by atoms with Crippen molar-refractivity contribution in [1.82, 2.24) is 4.98 Å². The first-order valence-electron chi connectivity index (χ1n) is 20.5. The summed E-state index contributed by atoms with van der Waals surface area (Å²) < 4.78 is 12.8. The summed E-state index contributed by atoms with van der Waals surface area (Å²) in [4.78, 5) is 34.8. The number of pyridine rings is 1. The van der Waals surface area contributed by atoms with Gasteiger partial charge in [0.05, 0.1) is 30.6 Å². The summed E-state index contributed by atoms with van der Waals surface area (Å²) in [7, 11) is 2.80. The van der Waals surface area contributed by atoms with Gasteiger partial charge in [-0.15, -0.1) is 0 Å². The molecule has 10 rings (SSSR count). The molecule has 7 aliphatic rings. The van der Waals surface area contributed by atoms with Gasteiger partial charge in [-0.1, -0.05) is 70.5 Å². The molecule has 3 aromatic rings. The van der Waals surface area contributed by atoms with Crippen LogP contribution in [0.3, 0.4) is 0 Å². The number of carbonyl (C=O) groups is 2. The van der Waals surface area contributed by atoms with Crippen LogP contribution in [0.1, 0.15) is 81.5 Å². The van der Waals surface area contributed by atoms with E-state index in [2.05, 4.69) is 11.4 Å². The Balaban J connectivity index is 1.11. The van der Waals surface area contributed by atoms with Gasteiger partial charge >= 0.3 is 0 Å². The standard InChI is InChI=1S/C45H48N2O10S2/c48-20-25-5-1-4-24(14-25)15-26-16-31-37(51)29-7-2-8-32-36(29)38(52)44(31,34(50)17-26)22-58-59-23-47-35-18-30-27(19-46-35)9-10-28-6-3-12-43(28,30)33-11-13-42(21-49)41(54)45(33,55)39(53)40(56-32)57-42/h1-2,4-5,7-8,14,16-19,28,31,33,39-41,48-50,53-55H,3,6,9-13,15,20-23H2,(H,46,47). The SMILES string of the molecule is O=C1c2cccc3c2C(=O)C2(CSSCNc4cc5c(cn4)CCC4CCCC54C4CCC5(CO)OC(O3)C(O)C4(O)C5O)C(O)=CC(Cc3cccc(CO)c3)=CC12. The van der Waals surface area contributed by atoms with Crippen LogP contribution in [0.15, 0.2) is 78.2 Å². The van der Waals surface area contributed by atoms with E-state index in [4.69, 9.17) is 14.5 Å². The van der Waals surface area contributed by atoms with Crippen LogP contribution >= 0.6 is 21.6 Å². The normalized spacial score (nSPS) is 37.2. The molecule has 1 aromatic heterocycles. The van der Waals surface area contributed by atoms with Crippen LogP contribution in [-0.4, -0.2) is 95.1 Å². The lowest BCUT2D eigenvalue weighted by Crippen LogP contribution is -2.80. The number of aliphatic hydroxyl groups is 6. The van der Waals surface area contributed by atoms with Crippen molar-refractivity contribution < 1.29 is 49.7 Å². The molecule has 2 aromatic carbocycles. The molecule has 12 nitrogen and oxygen atoms in total. The first kappa shape index (κ1) is 39.4. The summed E-state index contributed by atoms with van der Waals surface area (Å²) in [6.45, 7) is -0.797. The van der Waals surface area contributed by atoms with Gasteiger partial charge in [-0.2, -0.15) is 0 Å². The van der Waals surface area contributed by atoms with Crippen molar-refractivity contribution in [3.63, 3.8) is 0 Å². The van der Waals surface area contributed by atoms with Gasteiger partial charge in [0.15, 0.2) is 11.6 Å². The first-order chi connectivity index (χ1) is 28.5. The number of fused-ring (bicyclic) bond motifs is 3. The van der Waals surface area contributed by atoms with E-state index in [1.54, 1.807) is 24.3 Å². The van der Waals surface area contributed by atoms with E-state index in [0.29, 0.717) is 30.1 Å². The van der Waals surface area contributed by atoms with Crippen LogP contribution in [0.2, 0.25) is 0 Å². The Morgan fingerprint density at radius 1 is 0.983 bits per heavy atom. The molecular formula is C45H48N2O10S2. The smallest absolute Gasteiger partial charge is 0.229 e. The number of aromatic nitrogens is 1. The van der Waals surface area contributed by atoms with Crippen molar-refractivity contribution in [2.24, 2.45) is 23.2 Å². The summed E-state index contributed by atoms with van der Waals surface area (Å²) in [5.41, 5.74) is -1.87. The average Bonchev–Trinajstić information content (AvgIpc) is 3.69. The maximum atomic E-state index is 15.3. The van der Waals surface area contributed by atoms with Crippen LogP contribution in [0.5, 0.6) is 5.75 Å². The minimum atomic E-state index is -2.21. The Hall–Kier alpha value is -3.73. The number of ether oxygens (including phenoxy) is 2. The quantitative estimate of drug-likeness (QED) is 0.174. The number of allylic oxidation sites excluding steroid dienone is 4. The number of hydrogen-bond donors (Lipinski definition) is 7. The minimum absolute atomic E-state index is 0.0285. The predicted molar refractivity (Wildman–Crippen MR) is 221 cm³/mol. The molecule has 5 aliphatic carbocycles. The van der Waals surface area contributed by atoms with Crippen molar-refractivity contribution in [2.75, 3.05) is 23.6 Å². The Morgan fingerprint density at radius 2 is 1.81 bits per heavy atom. The topological polar surface area (TPSA) is 199 Å². The molecule has 59 heavy (non-hydrogen) atoms. The number of benzene rings is 2. The van der Waals surface area contributed by atoms with Crippen LogP contribution in [0.25, 0.3) is 0 Å². The molecule has 10 unspecified atom stereocenters. The Kier molecular flexibility index (Phi) is 9.65. The van der Waals surface area contributed by atoms with Gasteiger partial charge in [-0.25, -0.2) is 4.98 Å². The molecule has 7 N–H and O–H groups in total. The summed E-state index contributed by atoms with van der Waals surface area (Å²) in [6, 6.07) is 14.1. The molecule has 14 heteroatoms. The first-order valence-corrected chi connectivity index (χ1v) is 23.0. The number of carbonyl (C=O) groups excluding carboxylic acids is 2. The molecule has 10 atom stereocenters. The van der Waals surface area contributed by atoms with Crippen molar-refractivity contribution in [3.8, 4) is 5.75 Å². The zero-order chi connectivity index (χ0) is 40.9. The number of ketones is 2. The number of aliphatic hydroxyl groups excluding tert-OH is 5. The molecular weight excluding hydrogens is 793 g/mol. The van der Waals surface area contributed by atoms with E-state index < -0.39 is 70.5 Å². The van der Waals surface area contributed by atoms with Crippen molar-refractivity contribution >= 4 is 39.0 Å². The third kappa shape index (κ3) is 5.63. The maximum Gasteiger partial charge on any atom is 0.229 e. The fourth-order valence-corrected chi connectivity index (χ4v) is 14.3. The molecule has 310 valence electrons. The lowest BCUT2D eigenvalue weighted by molar-refractivity contribution is -0.382. The second-order valence-corrected chi connectivity index (χ2v) is 20.0. The molecule has 1 saturated heterocycles.